The van der Waals surface area contributed by atoms with E-state index in [4.69, 9.17) is 5.11 Å². The molecule has 1 N–H and O–H groups in total. The molecule has 1 aromatic rings. The van der Waals surface area contributed by atoms with E-state index in [0.717, 1.165) is 15.9 Å². The predicted octanol–water partition coefficient (Wildman–Crippen LogP) is 2.39. The number of carboxylic acids is 1. The molecule has 1 heterocycles. The van der Waals surface area contributed by atoms with Gasteiger partial charge in [-0.25, -0.2) is 0 Å². The van der Waals surface area contributed by atoms with Crippen molar-refractivity contribution in [2.45, 2.75) is 27.2 Å². The highest BCUT2D eigenvalue weighted by molar-refractivity contribution is 9.10. The third-order valence-corrected chi connectivity index (χ3v) is 4.05. The molecule has 0 aliphatic rings. The van der Waals surface area contributed by atoms with E-state index in [0.29, 0.717) is 6.42 Å². The molecule has 90 valence electrons. The van der Waals surface area contributed by atoms with Crippen LogP contribution in [-0.2, 0) is 18.3 Å². The first kappa shape index (κ1) is 13.2. The Morgan fingerprint density at radius 1 is 1.56 bits per heavy atom. The van der Waals surface area contributed by atoms with Crippen LogP contribution in [0.4, 0.5) is 0 Å². The maximum atomic E-state index is 10.9. The van der Waals surface area contributed by atoms with Crippen molar-refractivity contribution in [3.63, 3.8) is 0 Å². The van der Waals surface area contributed by atoms with E-state index >= 15 is 0 Å². The van der Waals surface area contributed by atoms with Gasteiger partial charge in [0.15, 0.2) is 0 Å². The molecule has 16 heavy (non-hydrogen) atoms. The number of aromatic nitrogens is 2. The van der Waals surface area contributed by atoms with Gasteiger partial charge < -0.3 is 5.11 Å². The number of halogens is 1. The first-order chi connectivity index (χ1) is 7.34. The molecule has 0 bridgehead atoms. The Balaban J connectivity index is 2.84. The summed E-state index contributed by atoms with van der Waals surface area (Å²) < 4.78 is 2.80. The molecule has 5 heteroatoms. The summed E-state index contributed by atoms with van der Waals surface area (Å²) in [6.07, 6.45) is 0.714. The van der Waals surface area contributed by atoms with Crippen molar-refractivity contribution in [2.75, 3.05) is 0 Å². The van der Waals surface area contributed by atoms with Crippen LogP contribution in [0.5, 0.6) is 0 Å². The molecule has 0 amide bonds. The van der Waals surface area contributed by atoms with Crippen LogP contribution in [0.2, 0.25) is 0 Å². The SMILES string of the molecule is Cc1nn(C)c(CC(C)C(C)C(=O)O)c1Br. The summed E-state index contributed by atoms with van der Waals surface area (Å²) in [4.78, 5) is 10.9. The van der Waals surface area contributed by atoms with Gasteiger partial charge in [0.2, 0.25) is 0 Å². The van der Waals surface area contributed by atoms with E-state index in [1.54, 1.807) is 6.92 Å². The van der Waals surface area contributed by atoms with Crippen molar-refractivity contribution in [3.8, 4) is 0 Å². The van der Waals surface area contributed by atoms with Crippen LogP contribution in [-0.4, -0.2) is 20.9 Å². The topological polar surface area (TPSA) is 55.1 Å². The minimum Gasteiger partial charge on any atom is -0.481 e. The molecular formula is C11H17BrN2O2. The molecular weight excluding hydrogens is 272 g/mol. The number of aryl methyl sites for hydroxylation is 2. The summed E-state index contributed by atoms with van der Waals surface area (Å²) >= 11 is 3.48. The lowest BCUT2D eigenvalue weighted by Crippen LogP contribution is -2.21. The van der Waals surface area contributed by atoms with Crippen molar-refractivity contribution in [2.24, 2.45) is 18.9 Å². The molecule has 2 unspecified atom stereocenters. The van der Waals surface area contributed by atoms with Gasteiger partial charge >= 0.3 is 5.97 Å². The highest BCUT2D eigenvalue weighted by Crippen LogP contribution is 2.25. The molecule has 4 nitrogen and oxygen atoms in total. The lowest BCUT2D eigenvalue weighted by molar-refractivity contribution is -0.142. The van der Waals surface area contributed by atoms with E-state index in [2.05, 4.69) is 21.0 Å². The van der Waals surface area contributed by atoms with Crippen molar-refractivity contribution in [1.82, 2.24) is 9.78 Å². The highest BCUT2D eigenvalue weighted by Gasteiger charge is 2.22. The number of hydrogen-bond acceptors (Lipinski definition) is 2. The van der Waals surface area contributed by atoms with Crippen LogP contribution in [0.3, 0.4) is 0 Å². The molecule has 1 aromatic heterocycles. The third-order valence-electron chi connectivity index (χ3n) is 3.02. The fourth-order valence-corrected chi connectivity index (χ4v) is 2.12. The Labute approximate surface area is 104 Å². The second-order valence-corrected chi connectivity index (χ2v) is 5.07. The number of carboxylic acid groups (broad SMARTS) is 1. The number of aliphatic carboxylic acids is 1. The molecule has 0 radical (unpaired) electrons. The van der Waals surface area contributed by atoms with Crippen LogP contribution < -0.4 is 0 Å². The van der Waals surface area contributed by atoms with Crippen molar-refractivity contribution in [1.29, 1.82) is 0 Å². The standard InChI is InChI=1S/C11H17BrN2O2/c1-6(7(2)11(15)16)5-9-10(12)8(3)13-14(9)4/h6-7H,5H2,1-4H3,(H,15,16). The van der Waals surface area contributed by atoms with E-state index in [-0.39, 0.29) is 11.8 Å². The summed E-state index contributed by atoms with van der Waals surface area (Å²) in [5.74, 6) is -1.01. The van der Waals surface area contributed by atoms with Crippen LogP contribution in [0.25, 0.3) is 0 Å². The van der Waals surface area contributed by atoms with Gasteiger partial charge in [-0.2, -0.15) is 5.10 Å². The smallest absolute Gasteiger partial charge is 0.306 e. The van der Waals surface area contributed by atoms with Crippen molar-refractivity contribution >= 4 is 21.9 Å². The molecule has 0 aliphatic carbocycles. The molecule has 2 atom stereocenters. The molecule has 0 fully saturated rings. The summed E-state index contributed by atoms with van der Waals surface area (Å²) in [6, 6.07) is 0. The van der Waals surface area contributed by atoms with E-state index in [1.165, 1.54) is 0 Å². The van der Waals surface area contributed by atoms with Crippen LogP contribution >= 0.6 is 15.9 Å². The Bertz CT molecular complexity index is 401. The number of rotatable bonds is 4. The summed E-state index contributed by atoms with van der Waals surface area (Å²) in [5, 5.41) is 13.2. The second kappa shape index (κ2) is 4.99. The van der Waals surface area contributed by atoms with Crippen LogP contribution in [0.1, 0.15) is 25.2 Å². The zero-order valence-electron chi connectivity index (χ0n) is 9.99. The number of carbonyl (C=O) groups is 1. The Morgan fingerprint density at radius 3 is 2.50 bits per heavy atom. The lowest BCUT2D eigenvalue weighted by Gasteiger charge is -2.16. The maximum Gasteiger partial charge on any atom is 0.306 e. The zero-order valence-corrected chi connectivity index (χ0v) is 11.6. The molecule has 0 saturated carbocycles. The molecule has 0 spiro atoms. The molecule has 1 rings (SSSR count). The molecule has 0 aliphatic heterocycles. The third kappa shape index (κ3) is 2.64. The van der Waals surface area contributed by atoms with Gasteiger partial charge in [0.1, 0.15) is 0 Å². The van der Waals surface area contributed by atoms with Crippen LogP contribution in [0, 0.1) is 18.8 Å². The fraction of sp³-hybridized carbons (Fsp3) is 0.636. The Hall–Kier alpha value is -0.840. The van der Waals surface area contributed by atoms with Crippen LogP contribution in [0.15, 0.2) is 4.47 Å². The summed E-state index contributed by atoms with van der Waals surface area (Å²) in [7, 11) is 1.88. The lowest BCUT2D eigenvalue weighted by atomic mass is 9.91. The van der Waals surface area contributed by atoms with Gasteiger partial charge in [-0.1, -0.05) is 13.8 Å². The monoisotopic (exact) mass is 288 g/mol. The predicted molar refractivity (Wildman–Crippen MR) is 65.3 cm³/mol. The number of hydrogen-bond donors (Lipinski definition) is 1. The second-order valence-electron chi connectivity index (χ2n) is 4.28. The van der Waals surface area contributed by atoms with E-state index < -0.39 is 5.97 Å². The minimum atomic E-state index is -0.748. The van der Waals surface area contributed by atoms with Gasteiger partial charge in [0, 0.05) is 7.05 Å². The zero-order chi connectivity index (χ0) is 12.5. The summed E-state index contributed by atoms with van der Waals surface area (Å²) in [6.45, 7) is 5.62. The maximum absolute atomic E-state index is 10.9. The van der Waals surface area contributed by atoms with Crippen molar-refractivity contribution < 1.29 is 9.90 Å². The van der Waals surface area contributed by atoms with E-state index in [1.807, 2.05) is 25.6 Å². The average Bonchev–Trinajstić information content (AvgIpc) is 2.43. The normalized spacial score (nSPS) is 14.8. The fourth-order valence-electron chi connectivity index (χ4n) is 1.63. The first-order valence-corrected chi connectivity index (χ1v) is 6.04. The number of nitrogens with zero attached hydrogens (tertiary/aromatic N) is 2. The summed E-state index contributed by atoms with van der Waals surface area (Å²) in [5.41, 5.74) is 1.99. The van der Waals surface area contributed by atoms with Gasteiger partial charge in [-0.05, 0) is 35.2 Å². The Morgan fingerprint density at radius 2 is 2.12 bits per heavy atom. The van der Waals surface area contributed by atoms with Gasteiger partial charge in [0.25, 0.3) is 0 Å². The average molecular weight is 289 g/mol. The van der Waals surface area contributed by atoms with Gasteiger partial charge in [-0.3, -0.25) is 9.48 Å². The molecule has 0 saturated heterocycles. The van der Waals surface area contributed by atoms with Crippen molar-refractivity contribution in [3.05, 3.63) is 15.9 Å². The van der Waals surface area contributed by atoms with Gasteiger partial charge in [-0.15, -0.1) is 0 Å². The largest absolute Gasteiger partial charge is 0.481 e. The highest BCUT2D eigenvalue weighted by atomic mass is 79.9. The quantitative estimate of drug-likeness (QED) is 0.926. The Kier molecular flexibility index (Phi) is 4.13. The van der Waals surface area contributed by atoms with E-state index in [9.17, 15) is 4.79 Å². The minimum absolute atomic E-state index is 0.0867. The molecule has 0 aromatic carbocycles. The van der Waals surface area contributed by atoms with Gasteiger partial charge in [0.05, 0.1) is 21.8 Å². The first-order valence-electron chi connectivity index (χ1n) is 5.25.